The average molecular weight is 417 g/mol. The minimum atomic E-state index is -3.76. The second-order valence-corrected chi connectivity index (χ2v) is 8.43. The number of benzene rings is 2. The van der Waals surface area contributed by atoms with E-state index in [0.29, 0.717) is 11.4 Å². The number of nitrogens with two attached hydrogens (primary N) is 1. The van der Waals surface area contributed by atoms with Crippen LogP contribution in [0, 0.1) is 0 Å². The van der Waals surface area contributed by atoms with E-state index in [2.05, 4.69) is 5.32 Å². The summed E-state index contributed by atoms with van der Waals surface area (Å²) in [6.07, 6.45) is -0.490. The molecule has 1 heterocycles. The van der Waals surface area contributed by atoms with E-state index >= 15 is 0 Å². The second-order valence-electron chi connectivity index (χ2n) is 6.87. The number of nitrogens with zero attached hydrogens (tertiary/aromatic N) is 1. The van der Waals surface area contributed by atoms with E-state index in [0.717, 1.165) is 5.56 Å². The number of hydrogen-bond donors (Lipinski definition) is 2. The lowest BCUT2D eigenvalue weighted by Crippen LogP contribution is -2.45. The van der Waals surface area contributed by atoms with Gasteiger partial charge in [-0.25, -0.2) is 13.6 Å². The molecule has 0 radical (unpaired) electrons. The molecule has 8 nitrogen and oxygen atoms in total. The van der Waals surface area contributed by atoms with Crippen molar-refractivity contribution in [1.29, 1.82) is 0 Å². The van der Waals surface area contributed by atoms with Crippen LogP contribution in [-0.4, -0.2) is 32.9 Å². The lowest BCUT2D eigenvalue weighted by Gasteiger charge is -2.32. The van der Waals surface area contributed by atoms with Crippen molar-refractivity contribution in [3.05, 3.63) is 54.1 Å². The number of sulfonamides is 1. The Hall–Kier alpha value is -2.91. The van der Waals surface area contributed by atoms with Crippen molar-refractivity contribution in [2.75, 3.05) is 11.4 Å². The zero-order valence-electron chi connectivity index (χ0n) is 16.2. The average Bonchev–Trinajstić information content (AvgIpc) is 2.67. The number of primary sulfonamides is 1. The summed E-state index contributed by atoms with van der Waals surface area (Å²) in [6, 6.07) is 12.9. The fraction of sp³-hybridized carbons (Fsp3) is 0.300. The third-order valence-corrected chi connectivity index (χ3v) is 5.65. The Bertz CT molecular complexity index is 1020. The minimum Gasteiger partial charge on any atom is -0.479 e. The molecule has 0 unspecified atom stereocenters. The highest BCUT2D eigenvalue weighted by Crippen LogP contribution is 2.33. The van der Waals surface area contributed by atoms with Crippen molar-refractivity contribution >= 4 is 27.5 Å². The van der Waals surface area contributed by atoms with Gasteiger partial charge in [-0.3, -0.25) is 9.59 Å². The molecular weight excluding hydrogens is 394 g/mol. The van der Waals surface area contributed by atoms with E-state index in [-0.39, 0.29) is 35.7 Å². The van der Waals surface area contributed by atoms with E-state index in [1.165, 1.54) is 12.1 Å². The number of amides is 2. The number of ether oxygens (including phenoxy) is 1. The normalized spacial score (nSPS) is 17.3. The lowest BCUT2D eigenvalue weighted by molar-refractivity contribution is -0.125. The summed E-state index contributed by atoms with van der Waals surface area (Å²) in [6.45, 7) is 3.70. The van der Waals surface area contributed by atoms with Crippen LogP contribution in [0.3, 0.4) is 0 Å². The molecule has 0 spiro atoms. The standard InChI is InChI=1S/C20H23N3O5S/c1-13(15-7-9-16(10-8-15)29(21,26)27)22-19(24)11-12-23-17-5-3-4-6-18(17)28-14(2)20(23)25/h3-10,13-14H,11-12H2,1-2H3,(H,22,24)(H2,21,26,27)/t13-,14+/m0/s1. The van der Waals surface area contributed by atoms with E-state index < -0.39 is 16.1 Å². The zero-order valence-corrected chi connectivity index (χ0v) is 17.0. The first-order valence-electron chi connectivity index (χ1n) is 9.16. The van der Waals surface area contributed by atoms with Crippen molar-refractivity contribution in [2.45, 2.75) is 37.3 Å². The third-order valence-electron chi connectivity index (χ3n) is 4.72. The molecule has 0 saturated carbocycles. The summed E-state index contributed by atoms with van der Waals surface area (Å²) in [5.74, 6) is 0.198. The van der Waals surface area contributed by atoms with Crippen molar-refractivity contribution in [3.63, 3.8) is 0 Å². The van der Waals surface area contributed by atoms with Crippen LogP contribution in [0.2, 0.25) is 0 Å². The van der Waals surface area contributed by atoms with Gasteiger partial charge in [-0.1, -0.05) is 24.3 Å². The van der Waals surface area contributed by atoms with Crippen molar-refractivity contribution < 1.29 is 22.7 Å². The van der Waals surface area contributed by atoms with Crippen LogP contribution in [0.5, 0.6) is 5.75 Å². The smallest absolute Gasteiger partial charge is 0.267 e. The van der Waals surface area contributed by atoms with Gasteiger partial charge in [0, 0.05) is 13.0 Å². The van der Waals surface area contributed by atoms with Crippen LogP contribution in [0.1, 0.15) is 31.9 Å². The number of carbonyl (C=O) groups is 2. The highest BCUT2D eigenvalue weighted by Gasteiger charge is 2.31. The Morgan fingerprint density at radius 1 is 1.21 bits per heavy atom. The van der Waals surface area contributed by atoms with Gasteiger partial charge in [0.25, 0.3) is 5.91 Å². The quantitative estimate of drug-likeness (QED) is 0.742. The molecular formula is C20H23N3O5S. The molecule has 154 valence electrons. The van der Waals surface area contributed by atoms with Crippen LogP contribution in [-0.2, 0) is 19.6 Å². The van der Waals surface area contributed by atoms with Gasteiger partial charge in [0.05, 0.1) is 16.6 Å². The van der Waals surface area contributed by atoms with Crippen molar-refractivity contribution in [1.82, 2.24) is 5.32 Å². The molecule has 9 heteroatoms. The maximum Gasteiger partial charge on any atom is 0.267 e. The number of fused-ring (bicyclic) bond motifs is 1. The SMILES string of the molecule is C[C@H](NC(=O)CCN1C(=O)[C@@H](C)Oc2ccccc21)c1ccc(S(N)(=O)=O)cc1. The maximum absolute atomic E-state index is 12.5. The predicted octanol–water partition coefficient (Wildman–Crippen LogP) is 1.72. The number of anilines is 1. The number of nitrogens with one attached hydrogen (secondary N) is 1. The summed E-state index contributed by atoms with van der Waals surface area (Å²) in [5, 5.41) is 7.95. The van der Waals surface area contributed by atoms with Crippen LogP contribution < -0.4 is 20.1 Å². The molecule has 0 fully saturated rings. The molecule has 3 N–H and O–H groups in total. The number of para-hydroxylation sites is 2. The number of rotatable bonds is 6. The summed E-state index contributed by atoms with van der Waals surface area (Å²) >= 11 is 0. The van der Waals surface area contributed by atoms with Gasteiger partial charge in [-0.2, -0.15) is 0 Å². The number of carbonyl (C=O) groups excluding carboxylic acids is 2. The Morgan fingerprint density at radius 3 is 2.52 bits per heavy atom. The first kappa shape index (κ1) is 20.8. The molecule has 0 saturated heterocycles. The highest BCUT2D eigenvalue weighted by molar-refractivity contribution is 7.89. The summed E-state index contributed by atoms with van der Waals surface area (Å²) in [7, 11) is -3.76. The first-order valence-corrected chi connectivity index (χ1v) is 10.7. The molecule has 1 aliphatic rings. The molecule has 2 amide bonds. The molecule has 0 aliphatic carbocycles. The fourth-order valence-electron chi connectivity index (χ4n) is 3.15. The summed E-state index contributed by atoms with van der Waals surface area (Å²) in [5.41, 5.74) is 1.39. The van der Waals surface area contributed by atoms with Gasteiger partial charge in [0.15, 0.2) is 6.10 Å². The topological polar surface area (TPSA) is 119 Å². The second kappa shape index (κ2) is 8.22. The van der Waals surface area contributed by atoms with Crippen molar-refractivity contribution in [3.8, 4) is 5.75 Å². The molecule has 29 heavy (non-hydrogen) atoms. The van der Waals surface area contributed by atoms with Crippen LogP contribution in [0.15, 0.2) is 53.4 Å². The Morgan fingerprint density at radius 2 is 1.86 bits per heavy atom. The summed E-state index contributed by atoms with van der Waals surface area (Å²) < 4.78 is 28.3. The van der Waals surface area contributed by atoms with Crippen LogP contribution >= 0.6 is 0 Å². The van der Waals surface area contributed by atoms with Gasteiger partial charge in [0.2, 0.25) is 15.9 Å². The molecule has 3 rings (SSSR count). The molecule has 0 bridgehead atoms. The van der Waals surface area contributed by atoms with Crippen LogP contribution in [0.4, 0.5) is 5.69 Å². The molecule has 2 aromatic carbocycles. The molecule has 1 aliphatic heterocycles. The lowest BCUT2D eigenvalue weighted by atomic mass is 10.1. The number of hydrogen-bond acceptors (Lipinski definition) is 5. The molecule has 2 aromatic rings. The van der Waals surface area contributed by atoms with E-state index in [1.54, 1.807) is 43.0 Å². The molecule has 0 aromatic heterocycles. The Labute approximate surface area is 169 Å². The largest absolute Gasteiger partial charge is 0.479 e. The maximum atomic E-state index is 12.5. The Kier molecular flexibility index (Phi) is 5.90. The predicted molar refractivity (Wildman–Crippen MR) is 108 cm³/mol. The van der Waals surface area contributed by atoms with Gasteiger partial charge in [-0.05, 0) is 43.7 Å². The summed E-state index contributed by atoms with van der Waals surface area (Å²) in [4.78, 5) is 26.4. The molecule has 2 atom stereocenters. The Balaban J connectivity index is 1.62. The van der Waals surface area contributed by atoms with Gasteiger partial charge >= 0.3 is 0 Å². The highest BCUT2D eigenvalue weighted by atomic mass is 32.2. The van der Waals surface area contributed by atoms with Gasteiger partial charge in [0.1, 0.15) is 5.75 Å². The first-order chi connectivity index (χ1) is 13.7. The van der Waals surface area contributed by atoms with E-state index in [1.807, 2.05) is 12.1 Å². The van der Waals surface area contributed by atoms with E-state index in [9.17, 15) is 18.0 Å². The van der Waals surface area contributed by atoms with E-state index in [4.69, 9.17) is 9.88 Å². The van der Waals surface area contributed by atoms with Crippen molar-refractivity contribution in [2.24, 2.45) is 5.14 Å². The zero-order chi connectivity index (χ0) is 21.2. The van der Waals surface area contributed by atoms with Gasteiger partial charge in [-0.15, -0.1) is 0 Å². The monoisotopic (exact) mass is 417 g/mol. The minimum absolute atomic E-state index is 0.0124. The third kappa shape index (κ3) is 4.75. The fourth-order valence-corrected chi connectivity index (χ4v) is 3.66. The van der Waals surface area contributed by atoms with Gasteiger partial charge < -0.3 is 15.0 Å². The van der Waals surface area contributed by atoms with Crippen LogP contribution in [0.25, 0.3) is 0 Å².